The van der Waals surface area contributed by atoms with E-state index >= 15 is 0 Å². The van der Waals surface area contributed by atoms with Crippen LogP contribution in [-0.2, 0) is 9.59 Å². The molecule has 2 aliphatic rings. The average molecular weight is 405 g/mol. The Balaban J connectivity index is 1.64. The van der Waals surface area contributed by atoms with Crippen molar-refractivity contribution in [3.05, 3.63) is 64.7 Å². The highest BCUT2D eigenvalue weighted by molar-refractivity contribution is 6.31. The van der Waals surface area contributed by atoms with Crippen molar-refractivity contribution in [2.45, 2.75) is 31.2 Å². The van der Waals surface area contributed by atoms with Crippen molar-refractivity contribution in [3.63, 3.8) is 0 Å². The van der Waals surface area contributed by atoms with Crippen LogP contribution in [0.2, 0.25) is 5.02 Å². The number of nitrogens with one attached hydrogen (secondary N) is 1. The number of nitrogens with zero attached hydrogens (tertiary/aromatic N) is 1. The maximum absolute atomic E-state index is 14.2. The molecule has 2 amide bonds. The number of amides is 2. The highest BCUT2D eigenvalue weighted by Gasteiger charge is 2.46. The number of hydrogen-bond donors (Lipinski definition) is 1. The smallest absolute Gasteiger partial charge is 0.237 e. The lowest BCUT2D eigenvalue weighted by molar-refractivity contribution is -0.145. The number of carbonyl (C=O) groups is 2. The van der Waals surface area contributed by atoms with E-state index in [9.17, 15) is 18.4 Å². The van der Waals surface area contributed by atoms with E-state index in [0.29, 0.717) is 13.0 Å². The number of likely N-dealkylation sites (tertiary alicyclic amines) is 1. The Morgan fingerprint density at radius 3 is 2.46 bits per heavy atom. The Hall–Kier alpha value is -2.47. The molecule has 0 bridgehead atoms. The molecule has 2 fully saturated rings. The van der Waals surface area contributed by atoms with Crippen LogP contribution in [0.15, 0.2) is 42.5 Å². The number of carbonyl (C=O) groups excluding carboxylic acids is 2. The molecule has 1 saturated heterocycles. The van der Waals surface area contributed by atoms with Gasteiger partial charge in [-0.25, -0.2) is 8.78 Å². The van der Waals surface area contributed by atoms with Crippen LogP contribution < -0.4 is 5.32 Å². The molecule has 0 spiro atoms. The van der Waals surface area contributed by atoms with Gasteiger partial charge in [-0.3, -0.25) is 9.59 Å². The van der Waals surface area contributed by atoms with E-state index in [2.05, 4.69) is 5.32 Å². The molecule has 0 radical (unpaired) electrons. The molecule has 1 aliphatic heterocycles. The molecule has 2 atom stereocenters. The molecule has 1 aliphatic carbocycles. The first-order valence-corrected chi connectivity index (χ1v) is 9.64. The van der Waals surface area contributed by atoms with Gasteiger partial charge in [-0.15, -0.1) is 0 Å². The van der Waals surface area contributed by atoms with Gasteiger partial charge in [-0.2, -0.15) is 0 Å². The van der Waals surface area contributed by atoms with Crippen LogP contribution in [0.4, 0.5) is 14.5 Å². The van der Waals surface area contributed by atoms with Crippen LogP contribution in [0.25, 0.3) is 0 Å². The predicted octanol–water partition coefficient (Wildman–Crippen LogP) is 4.35. The Labute approximate surface area is 166 Å². The molecule has 0 unspecified atom stereocenters. The third kappa shape index (κ3) is 3.61. The summed E-state index contributed by atoms with van der Waals surface area (Å²) < 4.78 is 27.5. The Morgan fingerprint density at radius 2 is 1.79 bits per heavy atom. The zero-order valence-corrected chi connectivity index (χ0v) is 15.8. The van der Waals surface area contributed by atoms with Crippen molar-refractivity contribution < 1.29 is 18.4 Å². The molecule has 1 N–H and O–H groups in total. The third-order valence-electron chi connectivity index (χ3n) is 5.41. The fourth-order valence-electron chi connectivity index (χ4n) is 3.83. The van der Waals surface area contributed by atoms with Crippen LogP contribution in [-0.4, -0.2) is 29.3 Å². The number of rotatable bonds is 4. The molecule has 4 nitrogen and oxygen atoms in total. The second kappa shape index (κ2) is 7.51. The monoisotopic (exact) mass is 404 g/mol. The van der Waals surface area contributed by atoms with Gasteiger partial charge < -0.3 is 10.2 Å². The van der Waals surface area contributed by atoms with Gasteiger partial charge in [0.05, 0.1) is 10.7 Å². The summed E-state index contributed by atoms with van der Waals surface area (Å²) in [6.45, 7) is 0.556. The number of anilines is 1. The van der Waals surface area contributed by atoms with E-state index < -0.39 is 23.6 Å². The van der Waals surface area contributed by atoms with E-state index in [1.807, 2.05) is 0 Å². The Kier molecular flexibility index (Phi) is 5.06. The van der Waals surface area contributed by atoms with Crippen LogP contribution in [0.5, 0.6) is 0 Å². The van der Waals surface area contributed by atoms with Crippen LogP contribution in [0.3, 0.4) is 0 Å². The van der Waals surface area contributed by atoms with E-state index in [4.69, 9.17) is 11.6 Å². The minimum atomic E-state index is -1.00. The topological polar surface area (TPSA) is 49.4 Å². The first-order valence-electron chi connectivity index (χ1n) is 9.26. The normalized spacial score (nSPS) is 22.2. The van der Waals surface area contributed by atoms with E-state index in [0.717, 1.165) is 18.4 Å². The second-order valence-corrected chi connectivity index (χ2v) is 7.69. The molecule has 1 saturated carbocycles. The summed E-state index contributed by atoms with van der Waals surface area (Å²) in [5, 5.41) is 2.41. The number of benzene rings is 2. The van der Waals surface area contributed by atoms with Crippen molar-refractivity contribution in [3.8, 4) is 0 Å². The lowest BCUT2D eigenvalue weighted by atomic mass is 9.79. The minimum Gasteiger partial charge on any atom is -0.339 e. The first kappa shape index (κ1) is 18.9. The fraction of sp³-hybridized carbons (Fsp3) is 0.333. The average Bonchev–Trinajstić information content (AvgIpc) is 3.51. The lowest BCUT2D eigenvalue weighted by Gasteiger charge is -2.37. The summed E-state index contributed by atoms with van der Waals surface area (Å²) in [7, 11) is 0. The van der Waals surface area contributed by atoms with E-state index in [1.165, 1.54) is 30.3 Å². The van der Waals surface area contributed by atoms with Crippen LogP contribution in [0, 0.1) is 17.6 Å². The van der Waals surface area contributed by atoms with Gasteiger partial charge in [0.25, 0.3) is 0 Å². The molecule has 2 aromatic carbocycles. The summed E-state index contributed by atoms with van der Waals surface area (Å²) in [4.78, 5) is 27.9. The molecular weight excluding hydrogens is 386 g/mol. The van der Waals surface area contributed by atoms with Crippen molar-refractivity contribution >= 4 is 29.1 Å². The number of hydrogen-bond acceptors (Lipinski definition) is 2. The van der Waals surface area contributed by atoms with Crippen molar-refractivity contribution in [2.75, 3.05) is 11.9 Å². The standard InChI is InChI=1S/C21H19ClF2N2O2/c22-16-2-1-3-17(19(16)24)25-20(27)18-15(12-4-6-13(23)7-5-12)10-11-26(21(18)28)14-8-9-14/h1-7,14-15,18H,8-11H2,(H,25,27)/t15-,18+/m1/s1. The Morgan fingerprint density at radius 1 is 1.07 bits per heavy atom. The van der Waals surface area contributed by atoms with Gasteiger partial charge in [0, 0.05) is 18.5 Å². The maximum Gasteiger partial charge on any atom is 0.237 e. The minimum absolute atomic E-state index is 0.0632. The van der Waals surface area contributed by atoms with Gasteiger partial charge in [0.2, 0.25) is 11.8 Å². The zero-order valence-electron chi connectivity index (χ0n) is 15.0. The molecule has 2 aromatic rings. The summed E-state index contributed by atoms with van der Waals surface area (Å²) in [6, 6.07) is 10.3. The van der Waals surface area contributed by atoms with Crippen molar-refractivity contribution in [1.29, 1.82) is 0 Å². The predicted molar refractivity (Wildman–Crippen MR) is 102 cm³/mol. The lowest BCUT2D eigenvalue weighted by Crippen LogP contribution is -2.50. The van der Waals surface area contributed by atoms with Gasteiger partial charge in [0.1, 0.15) is 11.7 Å². The fourth-order valence-corrected chi connectivity index (χ4v) is 4.00. The SMILES string of the molecule is O=C(Nc1cccc(Cl)c1F)[C@H]1C(=O)N(C2CC2)CC[C@@H]1c1ccc(F)cc1. The third-order valence-corrected chi connectivity index (χ3v) is 5.70. The van der Waals surface area contributed by atoms with Crippen molar-refractivity contribution in [2.24, 2.45) is 5.92 Å². The highest BCUT2D eigenvalue weighted by atomic mass is 35.5. The Bertz CT molecular complexity index is 915. The zero-order chi connectivity index (χ0) is 19.8. The first-order chi connectivity index (χ1) is 13.5. The van der Waals surface area contributed by atoms with E-state index in [1.54, 1.807) is 17.0 Å². The molecular formula is C21H19ClF2N2O2. The van der Waals surface area contributed by atoms with Crippen LogP contribution >= 0.6 is 11.6 Å². The molecule has 1 heterocycles. The highest BCUT2D eigenvalue weighted by Crippen LogP contribution is 2.39. The van der Waals surface area contributed by atoms with Gasteiger partial charge >= 0.3 is 0 Å². The second-order valence-electron chi connectivity index (χ2n) is 7.28. The summed E-state index contributed by atoms with van der Waals surface area (Å²) >= 11 is 5.79. The summed E-state index contributed by atoms with van der Waals surface area (Å²) in [6.07, 6.45) is 2.46. The van der Waals surface area contributed by atoms with Crippen molar-refractivity contribution in [1.82, 2.24) is 4.90 Å². The van der Waals surface area contributed by atoms with Crippen LogP contribution in [0.1, 0.15) is 30.7 Å². The number of halogens is 3. The largest absolute Gasteiger partial charge is 0.339 e. The van der Waals surface area contributed by atoms with Gasteiger partial charge in [-0.1, -0.05) is 29.8 Å². The summed E-state index contributed by atoms with van der Waals surface area (Å²) in [5.74, 6) is -3.36. The molecule has 28 heavy (non-hydrogen) atoms. The number of piperidine rings is 1. The summed E-state index contributed by atoms with van der Waals surface area (Å²) in [5.41, 5.74) is 0.656. The molecule has 0 aromatic heterocycles. The molecule has 146 valence electrons. The maximum atomic E-state index is 14.2. The molecule has 7 heteroatoms. The quantitative estimate of drug-likeness (QED) is 0.770. The van der Waals surface area contributed by atoms with Gasteiger partial charge in [-0.05, 0) is 49.1 Å². The molecule has 4 rings (SSSR count). The van der Waals surface area contributed by atoms with Gasteiger partial charge in [0.15, 0.2) is 5.82 Å². The van der Waals surface area contributed by atoms with E-state index in [-0.39, 0.29) is 28.5 Å².